The van der Waals surface area contributed by atoms with Crippen LogP contribution in [0.15, 0.2) is 72.8 Å². The molecule has 0 aliphatic rings. The predicted molar refractivity (Wildman–Crippen MR) is 150 cm³/mol. The van der Waals surface area contributed by atoms with Crippen LogP contribution in [-0.2, 0) is 19.2 Å². The van der Waals surface area contributed by atoms with Crippen molar-refractivity contribution in [1.82, 2.24) is 0 Å². The number of Topliss-reactive ketones (excluding diaryl/α,β-unsaturated/α-hetero) is 4. The first-order valence-corrected chi connectivity index (χ1v) is 9.82. The third-order valence-corrected chi connectivity index (χ3v) is 1.33. The summed E-state index contributed by atoms with van der Waals surface area (Å²) < 4.78 is 0. The van der Waals surface area contributed by atoms with Gasteiger partial charge in [0.25, 0.3) is 0 Å². The lowest BCUT2D eigenvalue weighted by Crippen LogP contribution is -1.69. The smallest absolute Gasteiger partial charge is 0.126 e. The molecule has 0 aromatic heterocycles. The Morgan fingerprint density at radius 3 is 0.364 bits per heavy atom. The third kappa shape index (κ3) is 258. The van der Waals surface area contributed by atoms with E-state index in [2.05, 4.69) is 0 Å². The van der Waals surface area contributed by atoms with Gasteiger partial charge in [0.2, 0.25) is 0 Å². The van der Waals surface area contributed by atoms with Crippen molar-refractivity contribution in [2.24, 2.45) is 0 Å². The summed E-state index contributed by atoms with van der Waals surface area (Å²) in [6.07, 6.45) is 0. The molecule has 0 amide bonds. The average molecular weight is 467 g/mol. The molecule has 33 heavy (non-hydrogen) atoms. The van der Waals surface area contributed by atoms with E-state index in [0.29, 0.717) is 0 Å². The number of hydrogen-bond acceptors (Lipinski definition) is 4. The lowest BCUT2D eigenvalue weighted by atomic mass is 10.4. The molecule has 0 aliphatic carbocycles. The van der Waals surface area contributed by atoms with Gasteiger partial charge >= 0.3 is 0 Å². The first kappa shape index (κ1) is 52.2. The van der Waals surface area contributed by atoms with E-state index in [1.165, 1.54) is 55.4 Å². The molecule has 0 saturated carbocycles. The Hall–Kier alpha value is -2.88. The van der Waals surface area contributed by atoms with Crippen molar-refractivity contribution in [3.63, 3.8) is 0 Å². The Morgan fingerprint density at radius 2 is 0.333 bits per heavy atom. The Kier molecular flexibility index (Phi) is 81.7. The molecule has 0 bridgehead atoms. The van der Waals surface area contributed by atoms with Crippen LogP contribution in [0, 0.1) is 0 Å². The maximum Gasteiger partial charge on any atom is 0.126 e. The Balaban J connectivity index is -0.0000000371. The fourth-order valence-corrected chi connectivity index (χ4v) is 0.770. The second-order valence-corrected chi connectivity index (χ2v) is 5.94. The van der Waals surface area contributed by atoms with E-state index in [1.54, 1.807) is 0 Å². The fraction of sp³-hybridized carbons (Fsp3) is 0.448. The number of rotatable bonds is 0. The lowest BCUT2D eigenvalue weighted by molar-refractivity contribution is -0.115. The van der Waals surface area contributed by atoms with Gasteiger partial charge in [-0.25, -0.2) is 0 Å². The number of carbonyl (C=O) groups is 4. The van der Waals surface area contributed by atoms with Gasteiger partial charge in [0.05, 0.1) is 0 Å². The summed E-state index contributed by atoms with van der Waals surface area (Å²) in [5.41, 5.74) is 0. The van der Waals surface area contributed by atoms with E-state index < -0.39 is 0 Å². The highest BCUT2D eigenvalue weighted by molar-refractivity contribution is 5.72. The van der Waals surface area contributed by atoms with E-state index in [-0.39, 0.29) is 45.4 Å². The summed E-state index contributed by atoms with van der Waals surface area (Å²) in [6, 6.07) is 24.0. The van der Waals surface area contributed by atoms with Crippen molar-refractivity contribution in [2.75, 3.05) is 0 Å². The van der Waals surface area contributed by atoms with Crippen molar-refractivity contribution >= 4 is 23.1 Å². The molecule has 0 aliphatic heterocycles. The second kappa shape index (κ2) is 51.6. The van der Waals surface area contributed by atoms with Crippen LogP contribution in [0.2, 0.25) is 0 Å². The second-order valence-electron chi connectivity index (χ2n) is 5.94. The third-order valence-electron chi connectivity index (χ3n) is 1.33. The molecule has 2 rings (SSSR count). The molecule has 0 atom stereocenters. The van der Waals surface area contributed by atoms with E-state index in [4.69, 9.17) is 0 Å². The summed E-state index contributed by atoms with van der Waals surface area (Å²) >= 11 is 0. The molecule has 0 spiro atoms. The van der Waals surface area contributed by atoms with E-state index in [0.717, 1.165) is 0 Å². The van der Waals surface area contributed by atoms with Crippen LogP contribution >= 0.6 is 0 Å². The standard InChI is InChI=1S/2C6H6.4C3H6O.C2H6.3CH4/c2*1-2-4-6-5-3-1;4*1-3(2)4;1-2;;;/h2*1-6H;4*1-2H3;1-2H3;3*1H4. The molecule has 0 saturated heterocycles. The number of hydrogen-bond donors (Lipinski definition) is 0. The van der Waals surface area contributed by atoms with Crippen LogP contribution in [0.5, 0.6) is 0 Å². The molecule has 4 heteroatoms. The van der Waals surface area contributed by atoms with Gasteiger partial charge in [0.15, 0.2) is 0 Å². The van der Waals surface area contributed by atoms with Crippen LogP contribution in [0.25, 0.3) is 0 Å². The van der Waals surface area contributed by atoms with Crippen LogP contribution in [0.3, 0.4) is 0 Å². The van der Waals surface area contributed by atoms with Crippen LogP contribution in [-0.4, -0.2) is 23.1 Å². The predicted octanol–water partition coefficient (Wildman–Crippen LogP) is 8.69. The largest absolute Gasteiger partial charge is 0.300 e. The number of benzene rings is 2. The molecule has 0 fully saturated rings. The van der Waals surface area contributed by atoms with Crippen molar-refractivity contribution in [2.45, 2.75) is 91.5 Å². The van der Waals surface area contributed by atoms with Crippen molar-refractivity contribution in [3.05, 3.63) is 72.8 Å². The minimum Gasteiger partial charge on any atom is -0.300 e. The zero-order chi connectivity index (χ0) is 24.8. The van der Waals surface area contributed by atoms with Crippen molar-refractivity contribution in [3.8, 4) is 0 Å². The Labute approximate surface area is 206 Å². The maximum atomic E-state index is 9.44. The summed E-state index contributed by atoms with van der Waals surface area (Å²) in [7, 11) is 0. The summed E-state index contributed by atoms with van der Waals surface area (Å²) in [5.74, 6) is 0.667. The van der Waals surface area contributed by atoms with Gasteiger partial charge in [0.1, 0.15) is 23.1 Å². The van der Waals surface area contributed by atoms with Gasteiger partial charge in [-0.1, -0.05) is 109 Å². The van der Waals surface area contributed by atoms with Gasteiger partial charge in [0, 0.05) is 0 Å². The molecule has 4 nitrogen and oxygen atoms in total. The minimum absolute atomic E-state index is 0. The van der Waals surface area contributed by atoms with E-state index in [1.807, 2.05) is 86.6 Å². The molecule has 2 aromatic rings. The normalized spacial score (nSPS) is 6.24. The first-order valence-electron chi connectivity index (χ1n) is 9.82. The van der Waals surface area contributed by atoms with Crippen LogP contribution < -0.4 is 0 Å². The highest BCUT2D eigenvalue weighted by Gasteiger charge is 1.63. The average Bonchev–Trinajstić information content (AvgIpc) is 2.65. The van der Waals surface area contributed by atoms with Crippen molar-refractivity contribution < 1.29 is 19.2 Å². The number of carbonyl (C=O) groups excluding carboxylic acids is 4. The van der Waals surface area contributed by atoms with Gasteiger partial charge in [-0.05, 0) is 55.4 Å². The summed E-state index contributed by atoms with van der Waals surface area (Å²) in [5, 5.41) is 0. The van der Waals surface area contributed by atoms with Crippen LogP contribution in [0.1, 0.15) is 91.5 Å². The van der Waals surface area contributed by atoms with Gasteiger partial charge in [-0.15, -0.1) is 0 Å². The SMILES string of the molecule is C.C.C.CC.CC(C)=O.CC(C)=O.CC(C)=O.CC(C)=O.c1ccccc1.c1ccccc1. The highest BCUT2D eigenvalue weighted by atomic mass is 16.1. The molecule has 194 valence electrons. The number of ketones is 4. The zero-order valence-electron chi connectivity index (χ0n) is 20.6. The molecule has 0 unspecified atom stereocenters. The molecular formula is C29H54O4. The van der Waals surface area contributed by atoms with Crippen molar-refractivity contribution in [1.29, 1.82) is 0 Å². The quantitative estimate of drug-likeness (QED) is 0.389. The summed E-state index contributed by atoms with van der Waals surface area (Å²) in [6.45, 7) is 16.2. The monoisotopic (exact) mass is 466 g/mol. The van der Waals surface area contributed by atoms with Crippen LogP contribution in [0.4, 0.5) is 0 Å². The molecule has 0 radical (unpaired) electrons. The molecule has 0 N–H and O–H groups in total. The molecule has 0 heterocycles. The van der Waals surface area contributed by atoms with Gasteiger partial charge in [-0.2, -0.15) is 0 Å². The van der Waals surface area contributed by atoms with E-state index >= 15 is 0 Å². The molecule has 2 aromatic carbocycles. The lowest BCUT2D eigenvalue weighted by Gasteiger charge is -1.69. The van der Waals surface area contributed by atoms with Gasteiger partial charge in [-0.3, -0.25) is 0 Å². The molecular weight excluding hydrogens is 412 g/mol. The Bertz CT molecular complexity index is 443. The summed E-state index contributed by atoms with van der Waals surface area (Å²) in [4.78, 5) is 37.8. The first-order chi connectivity index (χ1) is 13.9. The zero-order valence-corrected chi connectivity index (χ0v) is 20.6. The maximum absolute atomic E-state index is 9.44. The minimum atomic E-state index is 0. The van der Waals surface area contributed by atoms with Gasteiger partial charge < -0.3 is 19.2 Å². The Morgan fingerprint density at radius 1 is 0.303 bits per heavy atom. The topological polar surface area (TPSA) is 68.3 Å². The fourth-order valence-electron chi connectivity index (χ4n) is 0.770. The van der Waals surface area contributed by atoms with E-state index in [9.17, 15) is 19.2 Å². The highest BCUT2D eigenvalue weighted by Crippen LogP contribution is 1.80.